The molecule has 4 heteroatoms. The summed E-state index contributed by atoms with van der Waals surface area (Å²) in [6.07, 6.45) is 5.86. The van der Waals surface area contributed by atoms with E-state index < -0.39 is 0 Å². The summed E-state index contributed by atoms with van der Waals surface area (Å²) in [5.74, 6) is 0. The number of hydrogen-bond donors (Lipinski definition) is 0. The van der Waals surface area contributed by atoms with Crippen molar-refractivity contribution in [3.8, 4) is 0 Å². The fourth-order valence-electron chi connectivity index (χ4n) is 1.52. The SMILES string of the molecule is C=Nc1ccsc1/C=C\C.c1cnc2sccc2c1. The maximum Gasteiger partial charge on any atom is 0.123 e. The van der Waals surface area contributed by atoms with Crippen molar-refractivity contribution >= 4 is 51.4 Å². The van der Waals surface area contributed by atoms with Crippen LogP contribution in [0.1, 0.15) is 11.8 Å². The molecule has 0 aromatic carbocycles. The lowest BCUT2D eigenvalue weighted by molar-refractivity contribution is 1.45. The van der Waals surface area contributed by atoms with Crippen molar-refractivity contribution in [2.45, 2.75) is 6.92 Å². The smallest absolute Gasteiger partial charge is 0.123 e. The minimum Gasteiger partial charge on any atom is -0.263 e. The van der Waals surface area contributed by atoms with E-state index in [1.165, 1.54) is 10.3 Å². The van der Waals surface area contributed by atoms with Gasteiger partial charge in [-0.05, 0) is 48.7 Å². The van der Waals surface area contributed by atoms with Gasteiger partial charge in [-0.3, -0.25) is 4.99 Å². The molecular formula is C15H14N2S2. The van der Waals surface area contributed by atoms with Crippen LogP contribution in [-0.2, 0) is 0 Å². The monoisotopic (exact) mass is 286 g/mol. The molecule has 3 aromatic heterocycles. The number of thiophene rings is 2. The van der Waals surface area contributed by atoms with Crippen molar-refractivity contribution in [1.82, 2.24) is 4.98 Å². The van der Waals surface area contributed by atoms with Gasteiger partial charge in [-0.25, -0.2) is 4.98 Å². The van der Waals surface area contributed by atoms with Gasteiger partial charge in [0, 0.05) is 11.6 Å². The summed E-state index contributed by atoms with van der Waals surface area (Å²) in [6.45, 7) is 5.46. The van der Waals surface area contributed by atoms with Crippen molar-refractivity contribution in [2.75, 3.05) is 0 Å². The van der Waals surface area contributed by atoms with Crippen LogP contribution in [0.25, 0.3) is 16.3 Å². The maximum atomic E-state index is 4.16. The van der Waals surface area contributed by atoms with Gasteiger partial charge in [0.2, 0.25) is 0 Å². The second-order valence-corrected chi connectivity index (χ2v) is 5.49. The Morgan fingerprint density at radius 3 is 2.79 bits per heavy atom. The summed E-state index contributed by atoms with van der Waals surface area (Å²) >= 11 is 3.35. The van der Waals surface area contributed by atoms with Crippen LogP contribution in [0.2, 0.25) is 0 Å². The van der Waals surface area contributed by atoms with Crippen LogP contribution < -0.4 is 0 Å². The first kappa shape index (κ1) is 13.6. The number of rotatable bonds is 2. The fourth-order valence-corrected chi connectivity index (χ4v) is 3.07. The van der Waals surface area contributed by atoms with Crippen LogP contribution in [0.4, 0.5) is 5.69 Å². The fraction of sp³-hybridized carbons (Fsp3) is 0.0667. The molecule has 0 fully saturated rings. The molecule has 0 saturated carbocycles. The molecule has 0 N–H and O–H groups in total. The summed E-state index contributed by atoms with van der Waals surface area (Å²) in [4.78, 5) is 10.3. The number of aromatic nitrogens is 1. The molecule has 0 bridgehead atoms. The summed E-state index contributed by atoms with van der Waals surface area (Å²) in [7, 11) is 0. The molecule has 0 aliphatic carbocycles. The van der Waals surface area contributed by atoms with Crippen molar-refractivity contribution in [1.29, 1.82) is 0 Å². The first-order chi connectivity index (χ1) is 9.35. The third-order valence-corrected chi connectivity index (χ3v) is 4.10. The lowest BCUT2D eigenvalue weighted by Crippen LogP contribution is -1.65. The van der Waals surface area contributed by atoms with Gasteiger partial charge in [-0.2, -0.15) is 0 Å². The average Bonchev–Trinajstić information content (AvgIpc) is 3.08. The largest absolute Gasteiger partial charge is 0.263 e. The first-order valence-corrected chi connectivity index (χ1v) is 7.56. The van der Waals surface area contributed by atoms with Crippen LogP contribution in [0.3, 0.4) is 0 Å². The van der Waals surface area contributed by atoms with Crippen molar-refractivity contribution in [3.63, 3.8) is 0 Å². The molecule has 96 valence electrons. The Morgan fingerprint density at radius 1 is 1.21 bits per heavy atom. The Hall–Kier alpha value is -1.78. The van der Waals surface area contributed by atoms with Crippen molar-refractivity contribution in [2.24, 2.45) is 4.99 Å². The Labute approximate surface area is 120 Å². The standard InChI is InChI=1S/C8H9NS.C7H5NS/c1-3-4-8-7(9-2)5-6-10-8;1-2-6-3-5-9-7(6)8-4-1/h3-6H,2H2,1H3;1-5H/b4-3-;. The Bertz CT molecular complexity index is 650. The minimum atomic E-state index is 0.975. The molecule has 0 unspecified atom stereocenters. The summed E-state index contributed by atoms with van der Waals surface area (Å²) in [5.41, 5.74) is 0.975. The summed E-state index contributed by atoms with van der Waals surface area (Å²) in [5, 5.41) is 5.30. The number of fused-ring (bicyclic) bond motifs is 1. The molecule has 0 spiro atoms. The Balaban J connectivity index is 0.000000141. The van der Waals surface area contributed by atoms with E-state index in [1.54, 1.807) is 22.7 Å². The van der Waals surface area contributed by atoms with Crippen LogP contribution >= 0.6 is 22.7 Å². The van der Waals surface area contributed by atoms with Crippen LogP contribution in [-0.4, -0.2) is 11.7 Å². The predicted octanol–water partition coefficient (Wildman–Crippen LogP) is 5.41. The van der Waals surface area contributed by atoms with Gasteiger partial charge in [-0.1, -0.05) is 12.1 Å². The summed E-state index contributed by atoms with van der Waals surface area (Å²) in [6, 6.07) is 8.06. The van der Waals surface area contributed by atoms with E-state index in [2.05, 4.69) is 34.2 Å². The number of hydrogen-bond acceptors (Lipinski definition) is 4. The zero-order valence-electron chi connectivity index (χ0n) is 10.6. The molecule has 0 saturated heterocycles. The van der Waals surface area contributed by atoms with Crippen LogP contribution in [0, 0.1) is 0 Å². The zero-order valence-corrected chi connectivity index (χ0v) is 12.2. The third-order valence-electron chi connectivity index (χ3n) is 2.39. The van der Waals surface area contributed by atoms with Gasteiger partial charge in [-0.15, -0.1) is 22.7 Å². The Kier molecular flexibility index (Phi) is 5.01. The minimum absolute atomic E-state index is 0.975. The molecular weight excluding hydrogens is 272 g/mol. The maximum absolute atomic E-state index is 4.16. The van der Waals surface area contributed by atoms with E-state index in [4.69, 9.17) is 0 Å². The van der Waals surface area contributed by atoms with E-state index in [0.717, 1.165) is 10.5 Å². The molecule has 0 atom stereocenters. The van der Waals surface area contributed by atoms with Crippen LogP contribution in [0.15, 0.2) is 52.3 Å². The second-order valence-electron chi connectivity index (χ2n) is 3.65. The van der Waals surface area contributed by atoms with Crippen molar-refractivity contribution < 1.29 is 0 Å². The first-order valence-electron chi connectivity index (χ1n) is 5.80. The molecule has 0 aliphatic rings. The third kappa shape index (κ3) is 3.59. The molecule has 0 radical (unpaired) electrons. The highest BCUT2D eigenvalue weighted by molar-refractivity contribution is 7.16. The van der Waals surface area contributed by atoms with Gasteiger partial charge >= 0.3 is 0 Å². The zero-order chi connectivity index (χ0) is 13.5. The normalized spacial score (nSPS) is 10.4. The number of aliphatic imine (C=N–C) groups is 1. The molecule has 3 rings (SSSR count). The van der Waals surface area contributed by atoms with E-state index in [0.29, 0.717) is 0 Å². The lowest BCUT2D eigenvalue weighted by atomic mass is 10.4. The lowest BCUT2D eigenvalue weighted by Gasteiger charge is -1.86. The second kappa shape index (κ2) is 6.97. The molecule has 0 aliphatic heterocycles. The molecule has 19 heavy (non-hydrogen) atoms. The van der Waals surface area contributed by atoms with Gasteiger partial charge in [0.25, 0.3) is 0 Å². The molecule has 2 nitrogen and oxygen atoms in total. The number of nitrogens with zero attached hydrogens (tertiary/aromatic N) is 2. The van der Waals surface area contributed by atoms with Crippen LogP contribution in [0.5, 0.6) is 0 Å². The molecule has 3 aromatic rings. The van der Waals surface area contributed by atoms with Gasteiger partial charge in [0.1, 0.15) is 4.83 Å². The van der Waals surface area contributed by atoms with E-state index in [9.17, 15) is 0 Å². The highest BCUT2D eigenvalue weighted by Crippen LogP contribution is 2.25. The Morgan fingerprint density at radius 2 is 2.05 bits per heavy atom. The van der Waals surface area contributed by atoms with E-state index in [1.807, 2.05) is 42.8 Å². The molecule has 0 amide bonds. The van der Waals surface area contributed by atoms with E-state index in [-0.39, 0.29) is 0 Å². The van der Waals surface area contributed by atoms with E-state index >= 15 is 0 Å². The summed E-state index contributed by atoms with van der Waals surface area (Å²) < 4.78 is 0. The molecule has 3 heterocycles. The van der Waals surface area contributed by atoms with Gasteiger partial charge in [0.05, 0.1) is 10.6 Å². The van der Waals surface area contributed by atoms with Crippen molar-refractivity contribution in [3.05, 3.63) is 52.2 Å². The van der Waals surface area contributed by atoms with Gasteiger partial charge in [0.15, 0.2) is 0 Å². The quantitative estimate of drug-likeness (QED) is 0.578. The highest BCUT2D eigenvalue weighted by atomic mass is 32.1. The van der Waals surface area contributed by atoms with Gasteiger partial charge < -0.3 is 0 Å². The number of pyridine rings is 1. The highest BCUT2D eigenvalue weighted by Gasteiger charge is 1.95. The topological polar surface area (TPSA) is 25.2 Å². The number of allylic oxidation sites excluding steroid dienone is 1. The average molecular weight is 286 g/mol. The predicted molar refractivity (Wildman–Crippen MR) is 87.9 cm³/mol.